The van der Waals surface area contributed by atoms with Gasteiger partial charge in [-0.2, -0.15) is 5.26 Å². The molecule has 18 heavy (non-hydrogen) atoms. The number of rotatable bonds is 1. The first kappa shape index (κ1) is 10.6. The molecule has 0 aliphatic carbocycles. The second-order valence-electron chi connectivity index (χ2n) is 4.19. The zero-order valence-corrected chi connectivity index (χ0v) is 9.80. The van der Waals surface area contributed by atoms with Crippen molar-refractivity contribution in [2.75, 3.05) is 0 Å². The average molecular weight is 229 g/mol. The van der Waals surface area contributed by atoms with Crippen LogP contribution in [0.1, 0.15) is 5.56 Å². The van der Waals surface area contributed by atoms with E-state index in [9.17, 15) is 5.26 Å². The second kappa shape index (κ2) is 4.35. The molecule has 0 atom stereocenters. The van der Waals surface area contributed by atoms with Gasteiger partial charge >= 0.3 is 0 Å². The first-order chi connectivity index (χ1) is 8.90. The highest BCUT2D eigenvalue weighted by Gasteiger charge is 2.07. The lowest BCUT2D eigenvalue weighted by atomic mass is 9.95. The minimum absolute atomic E-state index is 0.729. The molecule has 3 rings (SSSR count). The van der Waals surface area contributed by atoms with E-state index in [0.29, 0.717) is 0 Å². The molecule has 0 aliphatic rings. The van der Waals surface area contributed by atoms with Crippen molar-refractivity contribution in [3.8, 4) is 17.2 Å². The lowest BCUT2D eigenvalue weighted by Crippen LogP contribution is -1.85. The maximum Gasteiger partial charge on any atom is 0.0998 e. The van der Waals surface area contributed by atoms with Gasteiger partial charge in [0.15, 0.2) is 0 Å². The van der Waals surface area contributed by atoms with Crippen LogP contribution in [0.5, 0.6) is 0 Å². The SMILES string of the molecule is N#Cc1cccc2cccc(-c3ccccc3)c12. The Morgan fingerprint density at radius 2 is 1.44 bits per heavy atom. The van der Waals surface area contributed by atoms with Crippen LogP contribution < -0.4 is 0 Å². The Hall–Kier alpha value is -2.59. The molecule has 0 unspecified atom stereocenters. The van der Waals surface area contributed by atoms with Crippen LogP contribution in [0.3, 0.4) is 0 Å². The van der Waals surface area contributed by atoms with Crippen molar-refractivity contribution in [3.05, 3.63) is 72.3 Å². The molecule has 1 nitrogen and oxygen atoms in total. The number of nitriles is 1. The standard InChI is InChI=1S/C17H11N/c18-12-15-10-4-8-14-9-5-11-16(17(14)15)13-6-2-1-3-7-13/h1-11H. The van der Waals surface area contributed by atoms with Gasteiger partial charge < -0.3 is 0 Å². The lowest BCUT2D eigenvalue weighted by molar-refractivity contribution is 1.50. The van der Waals surface area contributed by atoms with Gasteiger partial charge in [0, 0.05) is 5.39 Å². The summed E-state index contributed by atoms with van der Waals surface area (Å²) in [6.45, 7) is 0. The molecule has 0 amide bonds. The number of hydrogen-bond acceptors (Lipinski definition) is 1. The Bertz CT molecular complexity index is 731. The smallest absolute Gasteiger partial charge is 0.0998 e. The Balaban J connectivity index is 2.41. The van der Waals surface area contributed by atoms with Gasteiger partial charge in [-0.05, 0) is 22.6 Å². The number of benzene rings is 3. The molecule has 0 fully saturated rings. The van der Waals surface area contributed by atoms with Crippen LogP contribution in [0.15, 0.2) is 66.7 Å². The Morgan fingerprint density at radius 1 is 0.722 bits per heavy atom. The molecule has 1 heteroatoms. The molecule has 0 saturated heterocycles. The lowest BCUT2D eigenvalue weighted by Gasteiger charge is -2.08. The topological polar surface area (TPSA) is 23.8 Å². The summed E-state index contributed by atoms with van der Waals surface area (Å²) in [7, 11) is 0. The van der Waals surface area contributed by atoms with Gasteiger partial charge in [-0.15, -0.1) is 0 Å². The second-order valence-corrected chi connectivity index (χ2v) is 4.19. The third kappa shape index (κ3) is 1.65. The summed E-state index contributed by atoms with van der Waals surface area (Å²) < 4.78 is 0. The molecular weight excluding hydrogens is 218 g/mol. The van der Waals surface area contributed by atoms with E-state index in [1.165, 1.54) is 0 Å². The van der Waals surface area contributed by atoms with E-state index < -0.39 is 0 Å². The van der Waals surface area contributed by atoms with E-state index in [1.807, 2.05) is 48.5 Å². The van der Waals surface area contributed by atoms with Gasteiger partial charge in [0.1, 0.15) is 0 Å². The summed E-state index contributed by atoms with van der Waals surface area (Å²) in [5.74, 6) is 0. The van der Waals surface area contributed by atoms with Crippen LogP contribution in [-0.4, -0.2) is 0 Å². The van der Waals surface area contributed by atoms with E-state index in [1.54, 1.807) is 0 Å². The predicted octanol–water partition coefficient (Wildman–Crippen LogP) is 4.38. The highest BCUT2D eigenvalue weighted by Crippen LogP contribution is 2.30. The third-order valence-corrected chi connectivity index (χ3v) is 3.11. The van der Waals surface area contributed by atoms with Crippen molar-refractivity contribution in [1.29, 1.82) is 5.26 Å². The fourth-order valence-electron chi connectivity index (χ4n) is 2.29. The predicted molar refractivity (Wildman–Crippen MR) is 74.1 cm³/mol. The van der Waals surface area contributed by atoms with E-state index in [4.69, 9.17) is 0 Å². The fraction of sp³-hybridized carbons (Fsp3) is 0. The Labute approximate surface area is 106 Å². The van der Waals surface area contributed by atoms with Crippen molar-refractivity contribution >= 4 is 10.8 Å². The minimum atomic E-state index is 0.729. The van der Waals surface area contributed by atoms with Gasteiger partial charge in [-0.3, -0.25) is 0 Å². The quantitative estimate of drug-likeness (QED) is 0.607. The summed E-state index contributed by atoms with van der Waals surface area (Å²) in [5, 5.41) is 11.4. The highest BCUT2D eigenvalue weighted by molar-refractivity contribution is 6.00. The minimum Gasteiger partial charge on any atom is -0.192 e. The number of nitrogens with zero attached hydrogens (tertiary/aromatic N) is 1. The number of hydrogen-bond donors (Lipinski definition) is 0. The fourth-order valence-corrected chi connectivity index (χ4v) is 2.29. The van der Waals surface area contributed by atoms with E-state index in [-0.39, 0.29) is 0 Å². The molecule has 3 aromatic carbocycles. The maximum atomic E-state index is 9.26. The zero-order chi connectivity index (χ0) is 12.4. The van der Waals surface area contributed by atoms with E-state index in [0.717, 1.165) is 27.5 Å². The average Bonchev–Trinajstić information content (AvgIpc) is 2.47. The molecule has 0 heterocycles. The van der Waals surface area contributed by atoms with E-state index in [2.05, 4.69) is 24.3 Å². The molecule has 0 spiro atoms. The summed E-state index contributed by atoms with van der Waals surface area (Å²) in [4.78, 5) is 0. The van der Waals surface area contributed by atoms with Crippen molar-refractivity contribution in [3.63, 3.8) is 0 Å². The maximum absolute atomic E-state index is 9.26. The van der Waals surface area contributed by atoms with Crippen molar-refractivity contribution in [2.24, 2.45) is 0 Å². The van der Waals surface area contributed by atoms with Crippen LogP contribution in [0, 0.1) is 11.3 Å². The Morgan fingerprint density at radius 3 is 2.17 bits per heavy atom. The summed E-state index contributed by atoms with van der Waals surface area (Å²) >= 11 is 0. The van der Waals surface area contributed by atoms with Crippen molar-refractivity contribution < 1.29 is 0 Å². The van der Waals surface area contributed by atoms with Crippen LogP contribution in [0.4, 0.5) is 0 Å². The first-order valence-electron chi connectivity index (χ1n) is 5.87. The molecule has 0 bridgehead atoms. The molecule has 0 aliphatic heterocycles. The summed E-state index contributed by atoms with van der Waals surface area (Å²) in [6.07, 6.45) is 0. The highest BCUT2D eigenvalue weighted by atomic mass is 14.2. The van der Waals surface area contributed by atoms with Gasteiger partial charge in [-0.25, -0.2) is 0 Å². The van der Waals surface area contributed by atoms with Crippen molar-refractivity contribution in [2.45, 2.75) is 0 Å². The van der Waals surface area contributed by atoms with Gasteiger partial charge in [0.25, 0.3) is 0 Å². The molecule has 0 radical (unpaired) electrons. The summed E-state index contributed by atoms with van der Waals surface area (Å²) in [5.41, 5.74) is 2.99. The van der Waals surface area contributed by atoms with Crippen LogP contribution in [0.2, 0.25) is 0 Å². The van der Waals surface area contributed by atoms with Crippen LogP contribution in [-0.2, 0) is 0 Å². The molecule has 3 aromatic rings. The molecule has 84 valence electrons. The molecule has 0 N–H and O–H groups in total. The van der Waals surface area contributed by atoms with Gasteiger partial charge in [0.05, 0.1) is 11.6 Å². The van der Waals surface area contributed by atoms with E-state index >= 15 is 0 Å². The summed E-state index contributed by atoms with van der Waals surface area (Å²) in [6, 6.07) is 24.4. The molecule has 0 aromatic heterocycles. The van der Waals surface area contributed by atoms with Crippen LogP contribution >= 0.6 is 0 Å². The van der Waals surface area contributed by atoms with Crippen LogP contribution in [0.25, 0.3) is 21.9 Å². The van der Waals surface area contributed by atoms with Gasteiger partial charge in [0.2, 0.25) is 0 Å². The molecular formula is C17H11N. The van der Waals surface area contributed by atoms with Gasteiger partial charge in [-0.1, -0.05) is 60.7 Å². The Kier molecular flexibility index (Phi) is 2.55. The largest absolute Gasteiger partial charge is 0.192 e. The number of fused-ring (bicyclic) bond motifs is 1. The molecule has 0 saturated carbocycles. The first-order valence-corrected chi connectivity index (χ1v) is 5.87. The third-order valence-electron chi connectivity index (χ3n) is 3.11. The normalized spacial score (nSPS) is 10.2. The van der Waals surface area contributed by atoms with Crippen molar-refractivity contribution in [1.82, 2.24) is 0 Å². The monoisotopic (exact) mass is 229 g/mol. The zero-order valence-electron chi connectivity index (χ0n) is 9.80.